The van der Waals surface area contributed by atoms with E-state index in [0.717, 1.165) is 0 Å². The number of hydrogen-bond acceptors (Lipinski definition) is 3. The van der Waals surface area contributed by atoms with Crippen LogP contribution in [0.15, 0.2) is 57.6 Å². The Kier molecular flexibility index (Phi) is 6.70. The third-order valence-electron chi connectivity index (χ3n) is 5.04. The maximum atomic E-state index is 14.3. The van der Waals surface area contributed by atoms with Crippen LogP contribution < -0.4 is 9.75 Å². The predicted molar refractivity (Wildman–Crippen MR) is 120 cm³/mol. The minimum absolute atomic E-state index is 0.0246. The van der Waals surface area contributed by atoms with E-state index < -0.39 is 46.5 Å². The van der Waals surface area contributed by atoms with Gasteiger partial charge in [0.05, 0.1) is 11.3 Å². The number of benzene rings is 3. The van der Waals surface area contributed by atoms with Crippen molar-refractivity contribution in [3.8, 4) is 5.75 Å². The van der Waals surface area contributed by atoms with Gasteiger partial charge in [0.2, 0.25) is 5.82 Å². The molecule has 0 saturated heterocycles. The van der Waals surface area contributed by atoms with E-state index in [1.54, 1.807) is 18.2 Å². The van der Waals surface area contributed by atoms with E-state index in [0.29, 0.717) is 21.3 Å². The molecule has 11 heteroatoms. The van der Waals surface area contributed by atoms with E-state index in [4.69, 9.17) is 4.74 Å². The molecule has 1 amide bonds. The molecule has 1 aliphatic rings. The Balaban J connectivity index is 1.69. The van der Waals surface area contributed by atoms with Crippen LogP contribution >= 0.6 is 15.9 Å². The van der Waals surface area contributed by atoms with Gasteiger partial charge in [-0.05, 0) is 48.9 Å². The molecule has 180 valence electrons. The van der Waals surface area contributed by atoms with Crippen molar-refractivity contribution in [3.05, 3.63) is 98.5 Å². The third-order valence-corrected chi connectivity index (χ3v) is 5.53. The van der Waals surface area contributed by atoms with Gasteiger partial charge >= 0.3 is 0 Å². The van der Waals surface area contributed by atoms with Gasteiger partial charge in [0.1, 0.15) is 23.9 Å². The molecule has 0 radical (unpaired) electrons. The number of hydrogen-bond donors (Lipinski definition) is 0. The molecule has 0 atom stereocenters. The summed E-state index contributed by atoms with van der Waals surface area (Å²) in [5, 5.41) is 3.85. The SMILES string of the molecule is CC1=NN(c2c(F)c(F)c(F)c(F)c2F)C(=O)/C1=C/c1cc(Br)ccc1OCc1ccc(F)cc1. The Morgan fingerprint density at radius 2 is 1.51 bits per heavy atom. The zero-order chi connectivity index (χ0) is 25.4. The van der Waals surface area contributed by atoms with Crippen LogP contribution in [0.25, 0.3) is 6.08 Å². The van der Waals surface area contributed by atoms with Crippen LogP contribution in [0.4, 0.5) is 32.0 Å². The van der Waals surface area contributed by atoms with Gasteiger partial charge in [-0.15, -0.1) is 0 Å². The highest BCUT2D eigenvalue weighted by Gasteiger charge is 2.37. The highest BCUT2D eigenvalue weighted by Crippen LogP contribution is 2.35. The Labute approximate surface area is 203 Å². The van der Waals surface area contributed by atoms with Crippen LogP contribution in [0.1, 0.15) is 18.1 Å². The number of nitrogens with zero attached hydrogens (tertiary/aromatic N) is 2. The lowest BCUT2D eigenvalue weighted by atomic mass is 10.1. The lowest BCUT2D eigenvalue weighted by Gasteiger charge is -2.15. The van der Waals surface area contributed by atoms with Crippen LogP contribution in [0.2, 0.25) is 0 Å². The fourth-order valence-corrected chi connectivity index (χ4v) is 3.65. The Morgan fingerprint density at radius 1 is 0.914 bits per heavy atom. The topological polar surface area (TPSA) is 41.9 Å². The van der Waals surface area contributed by atoms with Gasteiger partial charge in [0.25, 0.3) is 5.91 Å². The standard InChI is InChI=1S/C24H13BrF6N2O2/c1-11-16(24(34)33(32-11)23-21(30)19(28)18(27)20(29)22(23)31)9-13-8-14(25)4-7-17(13)35-10-12-2-5-15(26)6-3-12/h2-9H,10H2,1H3/b16-9+. The first-order chi connectivity index (χ1) is 16.6. The second-order valence-corrected chi connectivity index (χ2v) is 8.29. The smallest absolute Gasteiger partial charge is 0.280 e. The number of halogens is 7. The van der Waals surface area contributed by atoms with Crippen molar-refractivity contribution in [2.75, 3.05) is 5.01 Å². The molecule has 0 fully saturated rings. The monoisotopic (exact) mass is 554 g/mol. The maximum absolute atomic E-state index is 14.3. The molecular formula is C24H13BrF6N2O2. The van der Waals surface area contributed by atoms with Gasteiger partial charge in [-0.25, -0.2) is 26.3 Å². The van der Waals surface area contributed by atoms with Crippen LogP contribution in [-0.2, 0) is 11.4 Å². The molecule has 35 heavy (non-hydrogen) atoms. The summed E-state index contributed by atoms with van der Waals surface area (Å²) in [7, 11) is 0. The minimum atomic E-state index is -2.34. The van der Waals surface area contributed by atoms with Crippen molar-refractivity contribution in [2.45, 2.75) is 13.5 Å². The summed E-state index contributed by atoms with van der Waals surface area (Å²) in [6.45, 7) is 1.41. The number of carbonyl (C=O) groups excluding carboxylic acids is 1. The number of carbonyl (C=O) groups is 1. The molecule has 0 N–H and O–H groups in total. The second kappa shape index (κ2) is 9.57. The van der Waals surface area contributed by atoms with Crippen molar-refractivity contribution in [1.29, 1.82) is 0 Å². The second-order valence-electron chi connectivity index (χ2n) is 7.38. The first-order valence-corrected chi connectivity index (χ1v) is 10.7. The summed E-state index contributed by atoms with van der Waals surface area (Å²) in [6, 6.07) is 10.5. The summed E-state index contributed by atoms with van der Waals surface area (Å²) in [4.78, 5) is 12.9. The van der Waals surface area contributed by atoms with Gasteiger partial charge in [-0.1, -0.05) is 28.1 Å². The zero-order valence-electron chi connectivity index (χ0n) is 17.7. The third kappa shape index (κ3) is 4.68. The average Bonchev–Trinajstić information content (AvgIpc) is 3.10. The average molecular weight is 555 g/mol. The molecular weight excluding hydrogens is 542 g/mol. The molecule has 4 nitrogen and oxygen atoms in total. The van der Waals surface area contributed by atoms with E-state index in [1.165, 1.54) is 37.3 Å². The first-order valence-electron chi connectivity index (χ1n) is 9.88. The summed E-state index contributed by atoms with van der Waals surface area (Å²) >= 11 is 3.30. The molecule has 0 saturated carbocycles. The number of ether oxygens (including phenoxy) is 1. The molecule has 0 spiro atoms. The van der Waals surface area contributed by atoms with E-state index in [-0.39, 0.29) is 22.9 Å². The highest BCUT2D eigenvalue weighted by molar-refractivity contribution is 9.10. The number of amides is 1. The zero-order valence-corrected chi connectivity index (χ0v) is 19.3. The highest BCUT2D eigenvalue weighted by atomic mass is 79.9. The van der Waals surface area contributed by atoms with Gasteiger partial charge < -0.3 is 4.74 Å². The van der Waals surface area contributed by atoms with Gasteiger partial charge in [-0.3, -0.25) is 4.79 Å². The van der Waals surface area contributed by atoms with E-state index in [2.05, 4.69) is 21.0 Å². The van der Waals surface area contributed by atoms with Crippen LogP contribution in [-0.4, -0.2) is 11.6 Å². The van der Waals surface area contributed by atoms with Crippen molar-refractivity contribution < 1.29 is 35.9 Å². The largest absolute Gasteiger partial charge is 0.488 e. The van der Waals surface area contributed by atoms with E-state index in [9.17, 15) is 31.1 Å². The molecule has 0 aromatic heterocycles. The summed E-state index contributed by atoms with van der Waals surface area (Å²) in [5.74, 6) is -12.3. The lowest BCUT2D eigenvalue weighted by molar-refractivity contribution is -0.114. The summed E-state index contributed by atoms with van der Waals surface area (Å²) in [5.41, 5.74) is -0.628. The van der Waals surface area contributed by atoms with Crippen LogP contribution in [0.3, 0.4) is 0 Å². The number of hydrazone groups is 1. The molecule has 4 rings (SSSR count). The van der Waals surface area contributed by atoms with Gasteiger partial charge in [0, 0.05) is 10.0 Å². The Morgan fingerprint density at radius 3 is 2.14 bits per heavy atom. The molecule has 1 aliphatic heterocycles. The Bertz CT molecular complexity index is 1380. The quantitative estimate of drug-likeness (QED) is 0.153. The normalized spacial score (nSPS) is 14.6. The van der Waals surface area contributed by atoms with Crippen LogP contribution in [0, 0.1) is 34.9 Å². The lowest BCUT2D eigenvalue weighted by Crippen LogP contribution is -2.25. The molecule has 0 bridgehead atoms. The van der Waals surface area contributed by atoms with E-state index >= 15 is 0 Å². The van der Waals surface area contributed by atoms with Gasteiger partial charge in [0.15, 0.2) is 23.3 Å². The molecule has 1 heterocycles. The maximum Gasteiger partial charge on any atom is 0.280 e. The predicted octanol–water partition coefficient (Wildman–Crippen LogP) is 6.67. The minimum Gasteiger partial charge on any atom is -0.488 e. The molecule has 0 unspecified atom stereocenters. The van der Waals surface area contributed by atoms with Crippen molar-refractivity contribution in [1.82, 2.24) is 0 Å². The number of anilines is 1. The van der Waals surface area contributed by atoms with Crippen molar-refractivity contribution in [2.24, 2.45) is 5.10 Å². The molecule has 3 aromatic carbocycles. The van der Waals surface area contributed by atoms with Crippen LogP contribution in [0.5, 0.6) is 5.75 Å². The molecule has 3 aromatic rings. The summed E-state index contributed by atoms with van der Waals surface area (Å²) in [6.07, 6.45) is 1.32. The summed E-state index contributed by atoms with van der Waals surface area (Å²) < 4.78 is 88.8. The fraction of sp³-hybridized carbons (Fsp3) is 0.0833. The van der Waals surface area contributed by atoms with E-state index in [1.807, 2.05) is 0 Å². The Hall–Kier alpha value is -3.60. The molecule has 0 aliphatic carbocycles. The van der Waals surface area contributed by atoms with Crippen molar-refractivity contribution >= 4 is 39.3 Å². The first kappa shape index (κ1) is 24.5. The fourth-order valence-electron chi connectivity index (χ4n) is 3.28. The van der Waals surface area contributed by atoms with Gasteiger partial charge in [-0.2, -0.15) is 10.1 Å². The van der Waals surface area contributed by atoms with Crippen molar-refractivity contribution in [3.63, 3.8) is 0 Å². The number of rotatable bonds is 5.